The Morgan fingerprint density at radius 2 is 2.16 bits per heavy atom. The molecule has 0 bridgehead atoms. The minimum Gasteiger partial charge on any atom is -0.351 e. The van der Waals surface area contributed by atoms with Gasteiger partial charge < -0.3 is 14.8 Å². The second-order valence-corrected chi connectivity index (χ2v) is 7.25. The number of aromatic nitrogens is 2. The van der Waals surface area contributed by atoms with Crippen molar-refractivity contribution in [2.75, 3.05) is 11.4 Å². The lowest BCUT2D eigenvalue weighted by molar-refractivity contribution is -0.127. The Morgan fingerprint density at radius 1 is 1.36 bits per heavy atom. The summed E-state index contributed by atoms with van der Waals surface area (Å²) in [5.41, 5.74) is 0.340. The van der Waals surface area contributed by atoms with Gasteiger partial charge in [0, 0.05) is 31.9 Å². The molecule has 1 saturated heterocycles. The first-order valence-corrected chi connectivity index (χ1v) is 8.77. The Morgan fingerprint density at radius 3 is 2.84 bits per heavy atom. The molecule has 1 N–H and O–H groups in total. The molecule has 1 aliphatic carbocycles. The van der Waals surface area contributed by atoms with Crippen LogP contribution < -0.4 is 10.2 Å². The summed E-state index contributed by atoms with van der Waals surface area (Å²) < 4.78 is 1.93. The number of anilines is 1. The van der Waals surface area contributed by atoms with Crippen LogP contribution in [0.15, 0.2) is 43.0 Å². The zero-order valence-electron chi connectivity index (χ0n) is 13.7. The molecule has 2 aliphatic rings. The zero-order chi connectivity index (χ0) is 17.4. The van der Waals surface area contributed by atoms with Gasteiger partial charge in [-0.15, -0.1) is 0 Å². The van der Waals surface area contributed by atoms with Crippen molar-refractivity contribution in [3.8, 4) is 0 Å². The average Bonchev–Trinajstić information content (AvgIpc) is 3.02. The smallest absolute Gasteiger partial charge is 0.229 e. The number of para-hydroxylation sites is 1. The van der Waals surface area contributed by atoms with Gasteiger partial charge in [-0.3, -0.25) is 9.59 Å². The van der Waals surface area contributed by atoms with E-state index in [0.29, 0.717) is 30.2 Å². The highest BCUT2D eigenvalue weighted by molar-refractivity contribution is 6.33. The number of benzene rings is 1. The second kappa shape index (κ2) is 6.19. The molecule has 1 aliphatic heterocycles. The molecule has 2 heterocycles. The summed E-state index contributed by atoms with van der Waals surface area (Å²) in [6.07, 6.45) is 7.35. The Kier molecular flexibility index (Phi) is 4.00. The minimum atomic E-state index is -0.360. The van der Waals surface area contributed by atoms with Gasteiger partial charge in [0.1, 0.15) is 0 Å². The highest BCUT2D eigenvalue weighted by atomic mass is 35.5. The summed E-state index contributed by atoms with van der Waals surface area (Å²) >= 11 is 6.20. The fraction of sp³-hybridized carbons (Fsp3) is 0.389. The number of amides is 2. The van der Waals surface area contributed by atoms with Gasteiger partial charge in [-0.05, 0) is 25.0 Å². The molecular formula is C18H19ClN4O2. The lowest BCUT2D eigenvalue weighted by Crippen LogP contribution is -2.42. The van der Waals surface area contributed by atoms with E-state index >= 15 is 0 Å². The van der Waals surface area contributed by atoms with E-state index < -0.39 is 0 Å². The van der Waals surface area contributed by atoms with E-state index in [9.17, 15) is 9.59 Å². The number of halogens is 1. The van der Waals surface area contributed by atoms with Crippen molar-refractivity contribution < 1.29 is 9.59 Å². The number of nitrogens with one attached hydrogen (secondary N) is 1. The number of hydrogen-bond donors (Lipinski definition) is 1. The molecule has 1 aromatic carbocycles. The molecule has 2 aromatic rings. The van der Waals surface area contributed by atoms with Crippen LogP contribution in [0.1, 0.15) is 19.3 Å². The van der Waals surface area contributed by atoms with Crippen LogP contribution in [0, 0.1) is 5.41 Å². The molecule has 0 radical (unpaired) electrons. The highest BCUT2D eigenvalue weighted by Gasteiger charge is 2.51. The molecule has 2 amide bonds. The van der Waals surface area contributed by atoms with Crippen LogP contribution in [0.3, 0.4) is 0 Å². The van der Waals surface area contributed by atoms with Gasteiger partial charge in [0.25, 0.3) is 0 Å². The standard InChI is InChI=1S/C18H19ClN4O2/c19-14-3-1-2-4-15(14)23-10-13(9-16(23)24)21-17(25)18(5-6-18)11-22-8-7-20-12-22/h1-4,7-8,12-13H,5-6,9-11H2,(H,21,25)/t13-/m1/s1. The molecule has 4 rings (SSSR count). The lowest BCUT2D eigenvalue weighted by Gasteiger charge is -2.21. The molecule has 25 heavy (non-hydrogen) atoms. The van der Waals surface area contributed by atoms with E-state index in [2.05, 4.69) is 10.3 Å². The molecule has 1 atom stereocenters. The SMILES string of the molecule is O=C1C[C@@H](NC(=O)C2(Cn3ccnc3)CC2)CN1c1ccccc1Cl. The first-order chi connectivity index (χ1) is 12.1. The maximum atomic E-state index is 12.7. The van der Waals surface area contributed by atoms with Crippen LogP contribution in [0.2, 0.25) is 5.02 Å². The summed E-state index contributed by atoms with van der Waals surface area (Å²) in [5.74, 6) is 0.0119. The quantitative estimate of drug-likeness (QED) is 0.891. The van der Waals surface area contributed by atoms with E-state index in [-0.39, 0.29) is 23.3 Å². The van der Waals surface area contributed by atoms with E-state index in [4.69, 9.17) is 11.6 Å². The summed E-state index contributed by atoms with van der Waals surface area (Å²) in [6, 6.07) is 7.09. The third-order valence-electron chi connectivity index (χ3n) is 4.98. The molecule has 0 unspecified atom stereocenters. The Hall–Kier alpha value is -2.34. The van der Waals surface area contributed by atoms with Crippen LogP contribution in [-0.2, 0) is 16.1 Å². The second-order valence-electron chi connectivity index (χ2n) is 6.85. The molecule has 130 valence electrons. The van der Waals surface area contributed by atoms with Crippen molar-refractivity contribution in [3.05, 3.63) is 48.0 Å². The Bertz CT molecular complexity index is 801. The molecular weight excluding hydrogens is 340 g/mol. The summed E-state index contributed by atoms with van der Waals surface area (Å²) in [5, 5.41) is 3.61. The Balaban J connectivity index is 1.41. The summed E-state index contributed by atoms with van der Waals surface area (Å²) in [4.78, 5) is 30.8. The first-order valence-electron chi connectivity index (χ1n) is 8.39. The van der Waals surface area contributed by atoms with E-state index in [0.717, 1.165) is 12.8 Å². The van der Waals surface area contributed by atoms with Crippen molar-refractivity contribution in [2.45, 2.75) is 31.8 Å². The predicted molar refractivity (Wildman–Crippen MR) is 94.2 cm³/mol. The van der Waals surface area contributed by atoms with Gasteiger partial charge in [0.05, 0.1) is 28.5 Å². The zero-order valence-corrected chi connectivity index (χ0v) is 14.4. The number of carbonyl (C=O) groups excluding carboxylic acids is 2. The molecule has 7 heteroatoms. The molecule has 2 fully saturated rings. The average molecular weight is 359 g/mol. The van der Waals surface area contributed by atoms with Crippen molar-refractivity contribution in [3.63, 3.8) is 0 Å². The van der Waals surface area contributed by atoms with Crippen LogP contribution in [0.4, 0.5) is 5.69 Å². The van der Waals surface area contributed by atoms with Gasteiger partial charge in [-0.25, -0.2) is 4.98 Å². The van der Waals surface area contributed by atoms with E-state index in [1.165, 1.54) is 0 Å². The number of hydrogen-bond acceptors (Lipinski definition) is 3. The van der Waals surface area contributed by atoms with E-state index in [1.807, 2.05) is 29.0 Å². The van der Waals surface area contributed by atoms with Gasteiger partial charge in [0.2, 0.25) is 11.8 Å². The Labute approximate surface area is 150 Å². The number of nitrogens with zero attached hydrogens (tertiary/aromatic N) is 3. The largest absolute Gasteiger partial charge is 0.351 e. The molecule has 0 spiro atoms. The topological polar surface area (TPSA) is 67.2 Å². The minimum absolute atomic E-state index is 0.0159. The van der Waals surface area contributed by atoms with Crippen LogP contribution in [0.25, 0.3) is 0 Å². The molecule has 1 saturated carbocycles. The third-order valence-corrected chi connectivity index (χ3v) is 5.30. The van der Waals surface area contributed by atoms with Gasteiger partial charge in [-0.2, -0.15) is 0 Å². The fourth-order valence-electron chi connectivity index (χ4n) is 3.38. The summed E-state index contributed by atoms with van der Waals surface area (Å²) in [6.45, 7) is 1.09. The van der Waals surface area contributed by atoms with Crippen molar-refractivity contribution in [1.82, 2.24) is 14.9 Å². The maximum Gasteiger partial charge on any atom is 0.229 e. The van der Waals surface area contributed by atoms with Gasteiger partial charge in [0.15, 0.2) is 0 Å². The number of imidazole rings is 1. The van der Waals surface area contributed by atoms with Crippen LogP contribution >= 0.6 is 11.6 Å². The molecule has 6 nitrogen and oxygen atoms in total. The summed E-state index contributed by atoms with van der Waals surface area (Å²) in [7, 11) is 0. The normalized spacial score (nSPS) is 21.4. The molecule has 1 aromatic heterocycles. The van der Waals surface area contributed by atoms with Crippen LogP contribution in [-0.4, -0.2) is 34.0 Å². The predicted octanol–water partition coefficient (Wildman–Crippen LogP) is 2.24. The van der Waals surface area contributed by atoms with Crippen molar-refractivity contribution in [2.24, 2.45) is 5.41 Å². The maximum absolute atomic E-state index is 12.7. The number of carbonyl (C=O) groups is 2. The van der Waals surface area contributed by atoms with Crippen molar-refractivity contribution in [1.29, 1.82) is 0 Å². The number of rotatable bonds is 5. The lowest BCUT2D eigenvalue weighted by atomic mass is 10.1. The van der Waals surface area contributed by atoms with Gasteiger partial charge >= 0.3 is 0 Å². The highest BCUT2D eigenvalue weighted by Crippen LogP contribution is 2.47. The van der Waals surface area contributed by atoms with E-state index in [1.54, 1.807) is 23.5 Å². The first kappa shape index (κ1) is 16.1. The van der Waals surface area contributed by atoms with Crippen LogP contribution in [0.5, 0.6) is 0 Å². The monoisotopic (exact) mass is 358 g/mol. The third kappa shape index (κ3) is 3.14. The fourth-order valence-corrected chi connectivity index (χ4v) is 3.62. The van der Waals surface area contributed by atoms with Crippen molar-refractivity contribution >= 4 is 29.1 Å². The van der Waals surface area contributed by atoms with Gasteiger partial charge in [-0.1, -0.05) is 23.7 Å².